The molecule has 21 heavy (non-hydrogen) atoms. The Labute approximate surface area is 127 Å². The van der Waals surface area contributed by atoms with E-state index < -0.39 is 6.04 Å². The zero-order valence-electron chi connectivity index (χ0n) is 11.1. The molecule has 4 nitrogen and oxygen atoms in total. The molecule has 2 aromatic rings. The van der Waals surface area contributed by atoms with Crippen molar-refractivity contribution in [3.8, 4) is 0 Å². The number of carbonyl (C=O) groups excluding carboxylic acids is 2. The van der Waals surface area contributed by atoms with Crippen molar-refractivity contribution in [1.29, 1.82) is 0 Å². The van der Waals surface area contributed by atoms with Crippen LogP contribution in [0.4, 0.5) is 11.4 Å². The third-order valence-electron chi connectivity index (χ3n) is 3.33. The van der Waals surface area contributed by atoms with E-state index in [4.69, 9.17) is 11.6 Å². The maximum Gasteiger partial charge on any atom is 0.256 e. The molecule has 0 aliphatic carbocycles. The lowest BCUT2D eigenvalue weighted by atomic mass is 10.2. The second-order valence-corrected chi connectivity index (χ2v) is 5.25. The van der Waals surface area contributed by atoms with Crippen molar-refractivity contribution < 1.29 is 9.59 Å². The highest BCUT2D eigenvalue weighted by Gasteiger charge is 2.39. The van der Waals surface area contributed by atoms with Crippen LogP contribution in [0.3, 0.4) is 0 Å². The fraction of sp³-hybridized carbons (Fsp3) is 0.125. The molecule has 0 aromatic heterocycles. The first-order valence-corrected chi connectivity index (χ1v) is 6.97. The first-order valence-electron chi connectivity index (χ1n) is 6.59. The second-order valence-electron chi connectivity index (χ2n) is 4.81. The van der Waals surface area contributed by atoms with Crippen LogP contribution < -0.4 is 10.2 Å². The lowest BCUT2D eigenvalue weighted by Crippen LogP contribution is -2.34. The molecule has 106 valence electrons. The average Bonchev–Trinajstić information content (AvgIpc) is 2.74. The number of hydrogen-bond donors (Lipinski definition) is 1. The van der Waals surface area contributed by atoms with Crippen LogP contribution in [0.15, 0.2) is 54.6 Å². The van der Waals surface area contributed by atoms with E-state index in [1.165, 1.54) is 4.90 Å². The summed E-state index contributed by atoms with van der Waals surface area (Å²) in [4.78, 5) is 25.7. The summed E-state index contributed by atoms with van der Waals surface area (Å²) in [5.74, 6) is -0.447. The minimum absolute atomic E-state index is 0.139. The van der Waals surface area contributed by atoms with Gasteiger partial charge in [-0.15, -0.1) is 0 Å². The molecular weight excluding hydrogens is 288 g/mol. The van der Waals surface area contributed by atoms with E-state index in [0.29, 0.717) is 10.7 Å². The summed E-state index contributed by atoms with van der Waals surface area (Å²) >= 11 is 5.92. The SMILES string of the molecule is O=C1C[C@@H](Nc2cccc(Cl)c2)C(=O)N1c1ccccc1. The number of carbonyl (C=O) groups is 2. The van der Waals surface area contributed by atoms with Crippen LogP contribution >= 0.6 is 11.6 Å². The summed E-state index contributed by atoms with van der Waals surface area (Å²) < 4.78 is 0. The molecule has 1 N–H and O–H groups in total. The van der Waals surface area contributed by atoms with E-state index in [-0.39, 0.29) is 18.2 Å². The molecule has 3 rings (SSSR count). The van der Waals surface area contributed by atoms with Gasteiger partial charge >= 0.3 is 0 Å². The number of benzene rings is 2. The monoisotopic (exact) mass is 300 g/mol. The van der Waals surface area contributed by atoms with Crippen molar-refractivity contribution in [2.45, 2.75) is 12.5 Å². The molecule has 0 spiro atoms. The molecule has 0 radical (unpaired) electrons. The topological polar surface area (TPSA) is 49.4 Å². The summed E-state index contributed by atoms with van der Waals surface area (Å²) in [5.41, 5.74) is 1.33. The normalized spacial score (nSPS) is 18.1. The van der Waals surface area contributed by atoms with Crippen molar-refractivity contribution in [1.82, 2.24) is 0 Å². The minimum atomic E-state index is -0.559. The van der Waals surface area contributed by atoms with Gasteiger partial charge in [-0.3, -0.25) is 9.59 Å². The number of hydrogen-bond acceptors (Lipinski definition) is 3. The van der Waals surface area contributed by atoms with Gasteiger partial charge in [-0.2, -0.15) is 0 Å². The third-order valence-corrected chi connectivity index (χ3v) is 3.56. The Balaban J connectivity index is 1.81. The van der Waals surface area contributed by atoms with Crippen LogP contribution in [-0.2, 0) is 9.59 Å². The van der Waals surface area contributed by atoms with Gasteiger partial charge in [0.1, 0.15) is 6.04 Å². The highest BCUT2D eigenvalue weighted by atomic mass is 35.5. The van der Waals surface area contributed by atoms with Crippen molar-refractivity contribution in [3.63, 3.8) is 0 Å². The zero-order chi connectivity index (χ0) is 14.8. The van der Waals surface area contributed by atoms with Gasteiger partial charge in [0, 0.05) is 10.7 Å². The van der Waals surface area contributed by atoms with Crippen molar-refractivity contribution in [2.24, 2.45) is 0 Å². The fourth-order valence-corrected chi connectivity index (χ4v) is 2.56. The highest BCUT2D eigenvalue weighted by molar-refractivity contribution is 6.30. The van der Waals surface area contributed by atoms with Gasteiger partial charge in [0.05, 0.1) is 12.1 Å². The highest BCUT2D eigenvalue weighted by Crippen LogP contribution is 2.25. The Bertz CT molecular complexity index is 688. The molecule has 2 aromatic carbocycles. The summed E-state index contributed by atoms with van der Waals surface area (Å²) in [7, 11) is 0. The van der Waals surface area contributed by atoms with E-state index in [1.807, 2.05) is 12.1 Å². The van der Waals surface area contributed by atoms with Crippen molar-refractivity contribution in [2.75, 3.05) is 10.2 Å². The quantitative estimate of drug-likeness (QED) is 0.886. The summed E-state index contributed by atoms with van der Waals surface area (Å²) in [6.45, 7) is 0. The summed E-state index contributed by atoms with van der Waals surface area (Å²) in [6, 6.07) is 15.5. The van der Waals surface area contributed by atoms with Crippen LogP contribution in [0.5, 0.6) is 0 Å². The van der Waals surface area contributed by atoms with E-state index in [9.17, 15) is 9.59 Å². The van der Waals surface area contributed by atoms with Gasteiger partial charge in [0.2, 0.25) is 5.91 Å². The van der Waals surface area contributed by atoms with Crippen LogP contribution in [0.25, 0.3) is 0 Å². The van der Waals surface area contributed by atoms with Gasteiger partial charge in [-0.25, -0.2) is 4.90 Å². The number of anilines is 2. The van der Waals surface area contributed by atoms with E-state index in [2.05, 4.69) is 5.32 Å². The average molecular weight is 301 g/mol. The Hall–Kier alpha value is -2.33. The van der Waals surface area contributed by atoms with Gasteiger partial charge in [0.15, 0.2) is 0 Å². The van der Waals surface area contributed by atoms with E-state index in [1.54, 1.807) is 42.5 Å². The Morgan fingerprint density at radius 2 is 1.81 bits per heavy atom. The lowest BCUT2D eigenvalue weighted by Gasteiger charge is -2.16. The van der Waals surface area contributed by atoms with E-state index in [0.717, 1.165) is 5.69 Å². The predicted octanol–water partition coefficient (Wildman–Crippen LogP) is 3.08. The zero-order valence-corrected chi connectivity index (χ0v) is 11.9. The largest absolute Gasteiger partial charge is 0.373 e. The minimum Gasteiger partial charge on any atom is -0.373 e. The molecule has 0 unspecified atom stereocenters. The summed E-state index contributed by atoms with van der Waals surface area (Å²) in [6.07, 6.45) is 0.139. The number of nitrogens with one attached hydrogen (secondary N) is 1. The van der Waals surface area contributed by atoms with Crippen LogP contribution in [0.1, 0.15) is 6.42 Å². The van der Waals surface area contributed by atoms with Crippen molar-refractivity contribution >= 4 is 34.8 Å². The molecule has 2 amide bonds. The van der Waals surface area contributed by atoms with Crippen LogP contribution in [0, 0.1) is 0 Å². The molecule has 1 saturated heterocycles. The Morgan fingerprint density at radius 1 is 1.05 bits per heavy atom. The first kappa shape index (κ1) is 13.6. The number of amides is 2. The first-order chi connectivity index (χ1) is 10.1. The summed E-state index contributed by atoms with van der Waals surface area (Å²) in [5, 5.41) is 3.65. The Morgan fingerprint density at radius 3 is 2.52 bits per heavy atom. The smallest absolute Gasteiger partial charge is 0.256 e. The molecule has 1 aliphatic heterocycles. The van der Waals surface area contributed by atoms with E-state index >= 15 is 0 Å². The maximum atomic E-state index is 12.4. The maximum absolute atomic E-state index is 12.4. The number of para-hydroxylation sites is 1. The van der Waals surface area contributed by atoms with Crippen LogP contribution in [0.2, 0.25) is 5.02 Å². The number of halogens is 1. The lowest BCUT2D eigenvalue weighted by molar-refractivity contribution is -0.121. The molecule has 0 saturated carbocycles. The standard InChI is InChI=1S/C16H13ClN2O2/c17-11-5-4-6-12(9-11)18-14-10-15(20)19(16(14)21)13-7-2-1-3-8-13/h1-9,14,18H,10H2/t14-/m1/s1. The number of imide groups is 1. The molecule has 1 fully saturated rings. The molecule has 5 heteroatoms. The molecule has 1 atom stereocenters. The molecule has 1 aliphatic rings. The number of nitrogens with zero attached hydrogens (tertiary/aromatic N) is 1. The second kappa shape index (κ2) is 5.58. The third kappa shape index (κ3) is 2.76. The molecule has 1 heterocycles. The van der Waals surface area contributed by atoms with Crippen LogP contribution in [-0.4, -0.2) is 17.9 Å². The van der Waals surface area contributed by atoms with Gasteiger partial charge in [-0.05, 0) is 30.3 Å². The van der Waals surface area contributed by atoms with Gasteiger partial charge in [0.25, 0.3) is 5.91 Å². The molecule has 0 bridgehead atoms. The Kier molecular flexibility index (Phi) is 3.62. The van der Waals surface area contributed by atoms with Crippen molar-refractivity contribution in [3.05, 3.63) is 59.6 Å². The molecular formula is C16H13ClN2O2. The van der Waals surface area contributed by atoms with Gasteiger partial charge < -0.3 is 5.32 Å². The fourth-order valence-electron chi connectivity index (χ4n) is 2.37. The number of rotatable bonds is 3. The van der Waals surface area contributed by atoms with Gasteiger partial charge in [-0.1, -0.05) is 35.9 Å². The predicted molar refractivity (Wildman–Crippen MR) is 82.4 cm³/mol.